The average molecular weight is 280 g/mol. The Hall–Kier alpha value is -2.45. The molecule has 0 fully saturated rings. The molecule has 4 nitrogen and oxygen atoms in total. The molecule has 0 unspecified atom stereocenters. The Morgan fingerprint density at radius 3 is 2.60 bits per heavy atom. The van der Waals surface area contributed by atoms with Crippen molar-refractivity contribution >= 4 is 33.1 Å². The van der Waals surface area contributed by atoms with Crippen LogP contribution in [-0.4, -0.2) is 9.97 Å². The Balaban J connectivity index is 2.04. The van der Waals surface area contributed by atoms with Crippen molar-refractivity contribution in [2.75, 3.05) is 5.32 Å². The number of nitriles is 1. The van der Waals surface area contributed by atoms with Crippen LogP contribution < -0.4 is 5.32 Å². The molecule has 3 aromatic rings. The Bertz CT molecular complexity index is 812. The minimum atomic E-state index is 0.644. The van der Waals surface area contributed by atoms with E-state index < -0.39 is 0 Å². The van der Waals surface area contributed by atoms with Crippen LogP contribution in [0, 0.1) is 25.2 Å². The van der Waals surface area contributed by atoms with Crippen LogP contribution in [0.5, 0.6) is 0 Å². The number of thiophene rings is 1. The quantitative estimate of drug-likeness (QED) is 0.772. The third-order valence-electron chi connectivity index (χ3n) is 3.24. The lowest BCUT2D eigenvalue weighted by Crippen LogP contribution is -1.95. The first-order valence-corrected chi connectivity index (χ1v) is 6.98. The van der Waals surface area contributed by atoms with Crippen LogP contribution in [-0.2, 0) is 0 Å². The van der Waals surface area contributed by atoms with E-state index in [4.69, 9.17) is 5.26 Å². The molecule has 0 aliphatic carbocycles. The third-order valence-corrected chi connectivity index (χ3v) is 4.36. The monoisotopic (exact) mass is 280 g/mol. The van der Waals surface area contributed by atoms with Crippen molar-refractivity contribution in [1.82, 2.24) is 9.97 Å². The van der Waals surface area contributed by atoms with Gasteiger partial charge in [-0.25, -0.2) is 9.97 Å². The molecule has 0 atom stereocenters. The summed E-state index contributed by atoms with van der Waals surface area (Å²) in [5.41, 5.74) is 2.76. The van der Waals surface area contributed by atoms with Gasteiger partial charge in [0, 0.05) is 10.6 Å². The summed E-state index contributed by atoms with van der Waals surface area (Å²) >= 11 is 1.68. The normalized spacial score (nSPS) is 10.4. The Morgan fingerprint density at radius 1 is 1.15 bits per heavy atom. The first-order chi connectivity index (χ1) is 9.69. The summed E-state index contributed by atoms with van der Waals surface area (Å²) in [5, 5.41) is 13.2. The highest BCUT2D eigenvalue weighted by molar-refractivity contribution is 7.18. The van der Waals surface area contributed by atoms with E-state index in [2.05, 4.69) is 35.2 Å². The van der Waals surface area contributed by atoms with Crippen molar-refractivity contribution in [3.8, 4) is 6.07 Å². The van der Waals surface area contributed by atoms with Crippen molar-refractivity contribution in [3.63, 3.8) is 0 Å². The van der Waals surface area contributed by atoms with Gasteiger partial charge in [0.2, 0.25) is 0 Å². The highest BCUT2D eigenvalue weighted by Crippen LogP contribution is 2.33. The fraction of sp³-hybridized carbons (Fsp3) is 0.133. The number of rotatable bonds is 2. The molecule has 0 amide bonds. The lowest BCUT2D eigenvalue weighted by atomic mass is 10.2. The maximum atomic E-state index is 8.81. The second kappa shape index (κ2) is 4.91. The zero-order valence-corrected chi connectivity index (χ0v) is 12.0. The van der Waals surface area contributed by atoms with Crippen LogP contribution in [0.25, 0.3) is 10.2 Å². The molecule has 0 saturated heterocycles. The molecule has 1 aromatic carbocycles. The van der Waals surface area contributed by atoms with Crippen LogP contribution >= 0.6 is 11.3 Å². The van der Waals surface area contributed by atoms with E-state index in [-0.39, 0.29) is 0 Å². The molecule has 20 heavy (non-hydrogen) atoms. The molecule has 1 N–H and O–H groups in total. The molecule has 0 bridgehead atoms. The van der Waals surface area contributed by atoms with Crippen LogP contribution in [0.3, 0.4) is 0 Å². The molecule has 3 rings (SSSR count). The zero-order chi connectivity index (χ0) is 14.1. The summed E-state index contributed by atoms with van der Waals surface area (Å²) in [5.74, 6) is 0.807. The van der Waals surface area contributed by atoms with E-state index in [1.165, 1.54) is 10.4 Å². The third kappa shape index (κ3) is 2.10. The summed E-state index contributed by atoms with van der Waals surface area (Å²) < 4.78 is 0. The fourth-order valence-electron chi connectivity index (χ4n) is 2.04. The van der Waals surface area contributed by atoms with Crippen LogP contribution in [0.2, 0.25) is 0 Å². The van der Waals surface area contributed by atoms with E-state index in [1.807, 2.05) is 12.1 Å². The van der Waals surface area contributed by atoms with E-state index in [0.29, 0.717) is 5.56 Å². The van der Waals surface area contributed by atoms with E-state index >= 15 is 0 Å². The molecule has 2 heterocycles. The topological polar surface area (TPSA) is 61.6 Å². The number of hydrogen-bond donors (Lipinski definition) is 1. The van der Waals surface area contributed by atoms with Crippen molar-refractivity contribution in [2.24, 2.45) is 0 Å². The average Bonchev–Trinajstić information content (AvgIpc) is 2.76. The first kappa shape index (κ1) is 12.6. The standard InChI is InChI=1S/C15H12N4S/c1-9-10(2)20-15-13(9)14(17-8-18-15)19-12-5-3-11(7-16)4-6-12/h3-6,8H,1-2H3,(H,17,18,19). The number of fused-ring (bicyclic) bond motifs is 1. The van der Waals surface area contributed by atoms with E-state index in [9.17, 15) is 0 Å². The first-order valence-electron chi connectivity index (χ1n) is 6.17. The fourth-order valence-corrected chi connectivity index (χ4v) is 3.04. The van der Waals surface area contributed by atoms with Gasteiger partial charge in [-0.3, -0.25) is 0 Å². The van der Waals surface area contributed by atoms with Gasteiger partial charge >= 0.3 is 0 Å². The molecule has 0 radical (unpaired) electrons. The van der Waals surface area contributed by atoms with Gasteiger partial charge in [-0.15, -0.1) is 11.3 Å². The Kier molecular flexibility index (Phi) is 3.09. The number of anilines is 2. The highest BCUT2D eigenvalue weighted by Gasteiger charge is 2.11. The van der Waals surface area contributed by atoms with Crippen molar-refractivity contribution in [1.29, 1.82) is 5.26 Å². The van der Waals surface area contributed by atoms with Gasteiger partial charge in [0.1, 0.15) is 17.0 Å². The molecule has 0 aliphatic rings. The lowest BCUT2D eigenvalue weighted by molar-refractivity contribution is 1.22. The minimum Gasteiger partial charge on any atom is -0.340 e. The molecular weight excluding hydrogens is 268 g/mol. The van der Waals surface area contributed by atoms with Crippen LogP contribution in [0.4, 0.5) is 11.5 Å². The van der Waals surface area contributed by atoms with Gasteiger partial charge in [0.25, 0.3) is 0 Å². The van der Waals surface area contributed by atoms with E-state index in [0.717, 1.165) is 21.7 Å². The summed E-state index contributed by atoms with van der Waals surface area (Å²) in [6.07, 6.45) is 1.57. The van der Waals surface area contributed by atoms with Crippen molar-refractivity contribution in [3.05, 3.63) is 46.6 Å². The van der Waals surface area contributed by atoms with E-state index in [1.54, 1.807) is 29.8 Å². The van der Waals surface area contributed by atoms with Gasteiger partial charge in [-0.1, -0.05) is 0 Å². The summed E-state index contributed by atoms with van der Waals surface area (Å²) in [4.78, 5) is 10.9. The maximum Gasteiger partial charge on any atom is 0.142 e. The number of aryl methyl sites for hydroxylation is 2. The Morgan fingerprint density at radius 2 is 1.90 bits per heavy atom. The number of nitrogens with one attached hydrogen (secondary N) is 1. The largest absolute Gasteiger partial charge is 0.340 e. The van der Waals surface area contributed by atoms with Gasteiger partial charge in [-0.2, -0.15) is 5.26 Å². The van der Waals surface area contributed by atoms with Gasteiger partial charge in [0.05, 0.1) is 17.0 Å². The van der Waals surface area contributed by atoms with Crippen molar-refractivity contribution < 1.29 is 0 Å². The second-order valence-corrected chi connectivity index (χ2v) is 5.70. The minimum absolute atomic E-state index is 0.644. The smallest absolute Gasteiger partial charge is 0.142 e. The number of benzene rings is 1. The lowest BCUT2D eigenvalue weighted by Gasteiger charge is -2.07. The molecule has 0 saturated carbocycles. The van der Waals surface area contributed by atoms with Gasteiger partial charge < -0.3 is 5.32 Å². The summed E-state index contributed by atoms with van der Waals surface area (Å²) in [7, 11) is 0. The molecule has 0 aliphatic heterocycles. The zero-order valence-electron chi connectivity index (χ0n) is 11.1. The Labute approximate surface area is 120 Å². The predicted molar refractivity (Wildman–Crippen MR) is 81.3 cm³/mol. The number of nitrogens with zero attached hydrogens (tertiary/aromatic N) is 3. The highest BCUT2D eigenvalue weighted by atomic mass is 32.1. The number of aromatic nitrogens is 2. The second-order valence-electron chi connectivity index (χ2n) is 4.50. The number of hydrogen-bond acceptors (Lipinski definition) is 5. The molecule has 0 spiro atoms. The molecule has 98 valence electrons. The predicted octanol–water partition coefficient (Wildman–Crippen LogP) is 3.92. The van der Waals surface area contributed by atoms with Gasteiger partial charge in [0.15, 0.2) is 0 Å². The maximum absolute atomic E-state index is 8.81. The van der Waals surface area contributed by atoms with Crippen LogP contribution in [0.1, 0.15) is 16.0 Å². The van der Waals surface area contributed by atoms with Crippen LogP contribution in [0.15, 0.2) is 30.6 Å². The molecule has 2 aromatic heterocycles. The SMILES string of the molecule is Cc1sc2ncnc(Nc3ccc(C#N)cc3)c2c1C. The van der Waals surface area contributed by atoms with Gasteiger partial charge in [-0.05, 0) is 43.7 Å². The summed E-state index contributed by atoms with van der Waals surface area (Å²) in [6.45, 7) is 4.18. The molecule has 5 heteroatoms. The summed E-state index contributed by atoms with van der Waals surface area (Å²) in [6, 6.07) is 9.43. The van der Waals surface area contributed by atoms with Crippen molar-refractivity contribution in [2.45, 2.75) is 13.8 Å². The molecular formula is C15H12N4S.